The fourth-order valence-electron chi connectivity index (χ4n) is 3.63. The van der Waals surface area contributed by atoms with Crippen molar-refractivity contribution in [2.45, 2.75) is 13.8 Å². The van der Waals surface area contributed by atoms with Gasteiger partial charge in [-0.1, -0.05) is 30.3 Å². The van der Waals surface area contributed by atoms with Crippen LogP contribution in [0.25, 0.3) is 23.0 Å². The number of nitriles is 1. The van der Waals surface area contributed by atoms with E-state index in [1.54, 1.807) is 41.2 Å². The fourth-order valence-corrected chi connectivity index (χ4v) is 3.63. The van der Waals surface area contributed by atoms with Crippen LogP contribution in [0.3, 0.4) is 0 Å². The van der Waals surface area contributed by atoms with E-state index in [1.165, 1.54) is 0 Å². The average Bonchev–Trinajstić information content (AvgIpc) is 3.33. The van der Waals surface area contributed by atoms with Crippen molar-refractivity contribution >= 4 is 17.7 Å². The lowest BCUT2D eigenvalue weighted by Gasteiger charge is -2.07. The molecule has 0 radical (unpaired) electrons. The molecule has 0 aliphatic heterocycles. The van der Waals surface area contributed by atoms with Gasteiger partial charge in [0.25, 0.3) is 5.91 Å². The number of carbonyl (C=O) groups excluding carboxylic acids is 1. The van der Waals surface area contributed by atoms with E-state index in [4.69, 9.17) is 14.6 Å². The van der Waals surface area contributed by atoms with Crippen molar-refractivity contribution in [1.29, 1.82) is 5.26 Å². The standard InChI is InChI=1S/C29H26N4O3/c1-3-35-26-15-13-24(14-16-26)31-29(34)22(19-30)17-23-20-33(25-10-6-5-7-11-25)32-28(23)21-9-8-12-27(18-21)36-4-2/h5-18,20H,3-4H2,1-2H3,(H,31,34). The molecule has 0 unspecified atom stereocenters. The average molecular weight is 479 g/mol. The third-order valence-corrected chi connectivity index (χ3v) is 5.27. The molecule has 0 saturated carbocycles. The van der Waals surface area contributed by atoms with Gasteiger partial charge in [0.15, 0.2) is 0 Å². The maximum absolute atomic E-state index is 12.9. The van der Waals surface area contributed by atoms with Crippen molar-refractivity contribution in [2.24, 2.45) is 0 Å². The van der Waals surface area contributed by atoms with Gasteiger partial charge in [0.2, 0.25) is 0 Å². The summed E-state index contributed by atoms with van der Waals surface area (Å²) >= 11 is 0. The maximum Gasteiger partial charge on any atom is 0.266 e. The Morgan fingerprint density at radius 3 is 2.39 bits per heavy atom. The summed E-state index contributed by atoms with van der Waals surface area (Å²) in [6.45, 7) is 4.92. The monoisotopic (exact) mass is 478 g/mol. The molecule has 180 valence electrons. The van der Waals surface area contributed by atoms with Crippen LogP contribution in [0, 0.1) is 11.3 Å². The number of hydrogen-bond acceptors (Lipinski definition) is 5. The third-order valence-electron chi connectivity index (χ3n) is 5.27. The van der Waals surface area contributed by atoms with Crippen LogP contribution < -0.4 is 14.8 Å². The molecule has 4 rings (SSSR count). The molecule has 0 spiro atoms. The zero-order chi connectivity index (χ0) is 25.3. The SMILES string of the molecule is CCOc1ccc(NC(=O)C(C#N)=Cc2cn(-c3ccccc3)nc2-c2cccc(OCC)c2)cc1. The number of rotatable bonds is 9. The van der Waals surface area contributed by atoms with Gasteiger partial charge >= 0.3 is 0 Å². The van der Waals surface area contributed by atoms with Gasteiger partial charge in [-0.3, -0.25) is 4.79 Å². The minimum Gasteiger partial charge on any atom is -0.494 e. The number of nitrogens with one attached hydrogen (secondary N) is 1. The van der Waals surface area contributed by atoms with Gasteiger partial charge in [0.05, 0.1) is 18.9 Å². The number of carbonyl (C=O) groups is 1. The van der Waals surface area contributed by atoms with Gasteiger partial charge in [-0.05, 0) is 68.5 Å². The number of benzene rings is 3. The highest BCUT2D eigenvalue weighted by molar-refractivity contribution is 6.10. The van der Waals surface area contributed by atoms with E-state index in [1.807, 2.05) is 74.5 Å². The molecule has 1 aromatic heterocycles. The van der Waals surface area contributed by atoms with Crippen LogP contribution >= 0.6 is 0 Å². The van der Waals surface area contributed by atoms with Crippen LogP contribution in [0.15, 0.2) is 90.6 Å². The molecule has 3 aromatic carbocycles. The zero-order valence-corrected chi connectivity index (χ0v) is 20.1. The van der Waals surface area contributed by atoms with Crippen molar-refractivity contribution < 1.29 is 14.3 Å². The second-order valence-electron chi connectivity index (χ2n) is 7.76. The maximum atomic E-state index is 12.9. The highest BCUT2D eigenvalue weighted by Crippen LogP contribution is 2.29. The van der Waals surface area contributed by atoms with E-state index in [-0.39, 0.29) is 5.57 Å². The molecule has 4 aromatic rings. The lowest BCUT2D eigenvalue weighted by Crippen LogP contribution is -2.13. The molecule has 0 aliphatic rings. The van der Waals surface area contributed by atoms with Crippen molar-refractivity contribution in [1.82, 2.24) is 9.78 Å². The van der Waals surface area contributed by atoms with E-state index in [2.05, 4.69) is 5.32 Å². The highest BCUT2D eigenvalue weighted by atomic mass is 16.5. The first-order chi connectivity index (χ1) is 17.6. The molecular weight excluding hydrogens is 452 g/mol. The molecule has 0 bridgehead atoms. The summed E-state index contributed by atoms with van der Waals surface area (Å²) in [6, 6.07) is 26.2. The van der Waals surface area contributed by atoms with Crippen molar-refractivity contribution in [2.75, 3.05) is 18.5 Å². The third kappa shape index (κ3) is 5.80. The van der Waals surface area contributed by atoms with Crippen molar-refractivity contribution in [3.63, 3.8) is 0 Å². The number of aromatic nitrogens is 2. The van der Waals surface area contributed by atoms with Crippen molar-refractivity contribution in [3.8, 4) is 34.5 Å². The van der Waals surface area contributed by atoms with Gasteiger partial charge < -0.3 is 14.8 Å². The predicted octanol–water partition coefficient (Wildman–Crippen LogP) is 5.88. The molecule has 1 heterocycles. The summed E-state index contributed by atoms with van der Waals surface area (Å²) in [5.74, 6) is 0.912. The van der Waals surface area contributed by atoms with Crippen LogP contribution in [-0.2, 0) is 4.79 Å². The minimum atomic E-state index is -0.511. The molecule has 7 heteroatoms. The Kier molecular flexibility index (Phi) is 7.79. The quantitative estimate of drug-likeness (QED) is 0.240. The van der Waals surface area contributed by atoms with E-state index in [0.29, 0.717) is 41.7 Å². The van der Waals surface area contributed by atoms with E-state index < -0.39 is 5.91 Å². The molecule has 7 nitrogen and oxygen atoms in total. The van der Waals surface area contributed by atoms with Gasteiger partial charge in [-0.25, -0.2) is 4.68 Å². The van der Waals surface area contributed by atoms with Gasteiger partial charge in [-0.15, -0.1) is 0 Å². The lowest BCUT2D eigenvalue weighted by molar-refractivity contribution is -0.112. The molecule has 1 amide bonds. The number of ether oxygens (including phenoxy) is 2. The van der Waals surface area contributed by atoms with Crippen LogP contribution in [0.2, 0.25) is 0 Å². The molecule has 1 N–H and O–H groups in total. The summed E-state index contributed by atoms with van der Waals surface area (Å²) in [7, 11) is 0. The normalized spacial score (nSPS) is 11.0. The Balaban J connectivity index is 1.70. The van der Waals surface area contributed by atoms with Crippen molar-refractivity contribution in [3.05, 3.63) is 96.2 Å². The highest BCUT2D eigenvalue weighted by Gasteiger charge is 2.16. The first-order valence-corrected chi connectivity index (χ1v) is 11.7. The molecule has 0 atom stereocenters. The molecule has 0 saturated heterocycles. The van der Waals surface area contributed by atoms with Crippen LogP contribution in [0.5, 0.6) is 11.5 Å². The second-order valence-corrected chi connectivity index (χ2v) is 7.76. The first kappa shape index (κ1) is 24.3. The van der Waals surface area contributed by atoms with Crippen LogP contribution in [0.4, 0.5) is 5.69 Å². The summed E-state index contributed by atoms with van der Waals surface area (Å²) < 4.78 is 12.8. The Labute approximate surface area is 210 Å². The number of hydrogen-bond donors (Lipinski definition) is 1. The molecular formula is C29H26N4O3. The van der Waals surface area contributed by atoms with Crippen LogP contribution in [-0.4, -0.2) is 28.9 Å². The molecule has 0 fully saturated rings. The number of anilines is 1. The van der Waals surface area contributed by atoms with Gasteiger partial charge in [0.1, 0.15) is 28.8 Å². The molecule has 36 heavy (non-hydrogen) atoms. The summed E-state index contributed by atoms with van der Waals surface area (Å²) in [5, 5.41) is 17.3. The number of para-hydroxylation sites is 1. The van der Waals surface area contributed by atoms with Gasteiger partial charge in [-0.2, -0.15) is 10.4 Å². The van der Waals surface area contributed by atoms with E-state index >= 15 is 0 Å². The molecule has 0 aliphatic carbocycles. The Hall–Kier alpha value is -4.83. The lowest BCUT2D eigenvalue weighted by atomic mass is 10.1. The second kappa shape index (κ2) is 11.5. The summed E-state index contributed by atoms with van der Waals surface area (Å²) in [4.78, 5) is 12.9. The predicted molar refractivity (Wildman–Crippen MR) is 140 cm³/mol. The summed E-state index contributed by atoms with van der Waals surface area (Å²) in [5.41, 5.74) is 3.45. The fraction of sp³-hybridized carbons (Fsp3) is 0.138. The topological polar surface area (TPSA) is 89.2 Å². The summed E-state index contributed by atoms with van der Waals surface area (Å²) in [6.07, 6.45) is 3.36. The van der Waals surface area contributed by atoms with E-state index in [9.17, 15) is 10.1 Å². The van der Waals surface area contributed by atoms with Gasteiger partial charge in [0, 0.05) is 23.0 Å². The largest absolute Gasteiger partial charge is 0.494 e. The number of nitrogens with zero attached hydrogens (tertiary/aromatic N) is 3. The van der Waals surface area contributed by atoms with Crippen LogP contribution in [0.1, 0.15) is 19.4 Å². The zero-order valence-electron chi connectivity index (χ0n) is 20.1. The van der Waals surface area contributed by atoms with E-state index in [0.717, 1.165) is 11.3 Å². The first-order valence-electron chi connectivity index (χ1n) is 11.7. The smallest absolute Gasteiger partial charge is 0.266 e. The Bertz CT molecular complexity index is 1400. The number of amides is 1. The Morgan fingerprint density at radius 2 is 1.69 bits per heavy atom. The minimum absolute atomic E-state index is 0.0429. The Morgan fingerprint density at radius 1 is 0.972 bits per heavy atom.